The van der Waals surface area contributed by atoms with Crippen molar-refractivity contribution in [1.29, 1.82) is 0 Å². The van der Waals surface area contributed by atoms with E-state index in [4.69, 9.17) is 4.74 Å². The number of rotatable bonds is 7. The van der Waals surface area contributed by atoms with E-state index in [0.29, 0.717) is 17.3 Å². The number of H-pyrrole nitrogens is 1. The molecule has 1 aliphatic heterocycles. The summed E-state index contributed by atoms with van der Waals surface area (Å²) in [7, 11) is 0. The lowest BCUT2D eigenvalue weighted by atomic mass is 9.79. The number of halogens is 1. The molecule has 4 N–H and O–H groups in total. The van der Waals surface area contributed by atoms with Gasteiger partial charge in [0.25, 0.3) is 0 Å². The second kappa shape index (κ2) is 11.5. The Morgan fingerprint density at radius 2 is 1.82 bits per heavy atom. The first-order valence-electron chi connectivity index (χ1n) is 13.6. The monoisotopic (exact) mass is 552 g/mol. The number of benzene rings is 2. The van der Waals surface area contributed by atoms with Crippen LogP contribution in [0, 0.1) is 23.6 Å². The smallest absolute Gasteiger partial charge is 0.408 e. The minimum atomic E-state index is -1.24. The lowest BCUT2D eigenvalue weighted by Gasteiger charge is -2.32. The largest absolute Gasteiger partial charge is 0.481 e. The van der Waals surface area contributed by atoms with Gasteiger partial charge in [0.15, 0.2) is 5.82 Å². The molecule has 0 radical (unpaired) electrons. The van der Waals surface area contributed by atoms with Gasteiger partial charge >= 0.3 is 18.2 Å². The van der Waals surface area contributed by atoms with Gasteiger partial charge in [-0.1, -0.05) is 56.2 Å². The molecule has 10 nitrogen and oxygen atoms in total. The molecule has 1 saturated heterocycles. The van der Waals surface area contributed by atoms with Crippen molar-refractivity contribution in [3.63, 3.8) is 0 Å². The van der Waals surface area contributed by atoms with E-state index in [1.807, 2.05) is 30.3 Å². The molecule has 40 heavy (non-hydrogen) atoms. The molecule has 2 aliphatic rings. The summed E-state index contributed by atoms with van der Waals surface area (Å²) < 4.78 is 21.3. The number of carboxylic acids is 1. The van der Waals surface area contributed by atoms with Crippen molar-refractivity contribution in [1.82, 2.24) is 20.2 Å². The van der Waals surface area contributed by atoms with Crippen molar-refractivity contribution in [2.75, 3.05) is 13.1 Å². The van der Waals surface area contributed by atoms with Crippen molar-refractivity contribution in [2.24, 2.45) is 17.8 Å². The number of hydrogen-bond donors (Lipinski definition) is 4. The van der Waals surface area contributed by atoms with E-state index in [1.54, 1.807) is 6.07 Å². The van der Waals surface area contributed by atoms with E-state index >= 15 is 4.39 Å². The van der Waals surface area contributed by atoms with Gasteiger partial charge in [0.1, 0.15) is 17.9 Å². The molecule has 1 aromatic heterocycles. The van der Waals surface area contributed by atoms with Gasteiger partial charge in [-0.15, -0.1) is 0 Å². The van der Waals surface area contributed by atoms with Crippen LogP contribution in [0.25, 0.3) is 11.0 Å². The number of aromatic amines is 1. The third-order valence-electron chi connectivity index (χ3n) is 8.26. The predicted molar refractivity (Wildman–Crippen MR) is 143 cm³/mol. The Bertz CT molecular complexity index is 1390. The van der Waals surface area contributed by atoms with Crippen molar-refractivity contribution >= 4 is 29.2 Å². The Labute approximate surface area is 230 Å². The minimum absolute atomic E-state index is 0.0269. The molecule has 5 rings (SSSR count). The molecule has 2 fully saturated rings. The summed E-state index contributed by atoms with van der Waals surface area (Å²) in [6.07, 6.45) is 1.88. The summed E-state index contributed by atoms with van der Waals surface area (Å²) in [5, 5.41) is 22.0. The molecule has 2 heterocycles. The number of nitrogens with one attached hydrogen (secondary N) is 2. The highest BCUT2D eigenvalue weighted by Crippen LogP contribution is 2.39. The zero-order valence-electron chi connectivity index (χ0n) is 22.2. The molecule has 3 aromatic rings. The van der Waals surface area contributed by atoms with Gasteiger partial charge in [-0.25, -0.2) is 19.0 Å². The van der Waals surface area contributed by atoms with Crippen LogP contribution in [0.5, 0.6) is 0 Å². The Kier molecular flexibility index (Phi) is 7.90. The summed E-state index contributed by atoms with van der Waals surface area (Å²) in [5.74, 6) is -2.74. The molecule has 1 aliphatic carbocycles. The fourth-order valence-electron chi connectivity index (χ4n) is 5.96. The van der Waals surface area contributed by atoms with Crippen LogP contribution in [0.4, 0.5) is 14.0 Å². The number of ether oxygens (including phenoxy) is 1. The van der Waals surface area contributed by atoms with E-state index in [2.05, 4.69) is 22.2 Å². The van der Waals surface area contributed by atoms with Gasteiger partial charge < -0.3 is 30.2 Å². The van der Waals surface area contributed by atoms with E-state index in [1.165, 1.54) is 6.07 Å². The number of hydrogen-bond acceptors (Lipinski definition) is 5. The van der Waals surface area contributed by atoms with Gasteiger partial charge in [-0.3, -0.25) is 4.79 Å². The maximum atomic E-state index is 15.9. The van der Waals surface area contributed by atoms with E-state index < -0.39 is 41.9 Å². The zero-order chi connectivity index (χ0) is 28.4. The molecule has 3 unspecified atom stereocenters. The van der Waals surface area contributed by atoms with Crippen molar-refractivity contribution in [3.05, 3.63) is 65.2 Å². The van der Waals surface area contributed by atoms with Crippen LogP contribution < -0.4 is 5.32 Å². The summed E-state index contributed by atoms with van der Waals surface area (Å²) in [4.78, 5) is 44.9. The SMILES string of the molecule is CC1CCC(C(NC(=O)OCc2ccccc2)c2nc3c(F)c(C4CN(C(=O)O)CC4C(=O)O)ccc3[nH]2)CC1. The van der Waals surface area contributed by atoms with Crippen LogP contribution in [0.2, 0.25) is 0 Å². The first-order valence-corrected chi connectivity index (χ1v) is 13.6. The van der Waals surface area contributed by atoms with Crippen molar-refractivity contribution < 1.29 is 33.7 Å². The van der Waals surface area contributed by atoms with Crippen molar-refractivity contribution in [2.45, 2.75) is 51.2 Å². The summed E-state index contributed by atoms with van der Waals surface area (Å²) >= 11 is 0. The average molecular weight is 553 g/mol. The highest BCUT2D eigenvalue weighted by Gasteiger charge is 2.42. The first-order chi connectivity index (χ1) is 19.2. The molecule has 0 bridgehead atoms. The second-order valence-corrected chi connectivity index (χ2v) is 10.9. The van der Waals surface area contributed by atoms with Gasteiger partial charge in [-0.05, 0) is 41.9 Å². The lowest BCUT2D eigenvalue weighted by molar-refractivity contribution is -0.141. The third-order valence-corrected chi connectivity index (χ3v) is 8.26. The molecule has 0 spiro atoms. The molecular formula is C29H33FN4O6. The second-order valence-electron chi connectivity index (χ2n) is 10.9. The van der Waals surface area contributed by atoms with E-state index in [0.717, 1.165) is 36.1 Å². The van der Waals surface area contributed by atoms with Crippen molar-refractivity contribution in [3.8, 4) is 0 Å². The van der Waals surface area contributed by atoms with Crippen LogP contribution >= 0.6 is 0 Å². The minimum Gasteiger partial charge on any atom is -0.481 e. The topological polar surface area (TPSA) is 145 Å². The number of alkyl carbamates (subject to hydrolysis) is 1. The average Bonchev–Trinajstić information content (AvgIpc) is 3.58. The number of fused-ring (bicyclic) bond motifs is 1. The zero-order valence-corrected chi connectivity index (χ0v) is 22.2. The first kappa shape index (κ1) is 27.4. The summed E-state index contributed by atoms with van der Waals surface area (Å²) in [6, 6.07) is 11.9. The number of imidazole rings is 1. The normalized spacial score (nSPS) is 23.6. The third kappa shape index (κ3) is 5.73. The Morgan fingerprint density at radius 1 is 1.10 bits per heavy atom. The van der Waals surface area contributed by atoms with Crippen LogP contribution in [0.15, 0.2) is 42.5 Å². The molecule has 2 aromatic carbocycles. The van der Waals surface area contributed by atoms with Crippen LogP contribution in [0.3, 0.4) is 0 Å². The van der Waals surface area contributed by atoms with E-state index in [9.17, 15) is 24.6 Å². The Balaban J connectivity index is 1.42. The number of amides is 2. The number of aromatic nitrogens is 2. The number of aliphatic carboxylic acids is 1. The Hall–Kier alpha value is -4.15. The lowest BCUT2D eigenvalue weighted by Crippen LogP contribution is -2.36. The fourth-order valence-corrected chi connectivity index (χ4v) is 5.96. The standard InChI is InChI=1S/C29H33FN4O6/c1-16-7-9-18(10-8-16)24(33-28(37)40-15-17-5-3-2-4-6-17)26-31-22-12-11-19(23(30)25(22)32-26)20-13-34(29(38)39)14-21(20)27(35)36/h2-6,11-12,16,18,20-21,24H,7-10,13-15H2,1H3,(H,31,32)(H,33,37)(H,35,36)(H,38,39). The van der Waals surface area contributed by atoms with Gasteiger partial charge in [0, 0.05) is 19.0 Å². The summed E-state index contributed by atoms with van der Waals surface area (Å²) in [6.45, 7) is 1.97. The molecular weight excluding hydrogens is 519 g/mol. The molecule has 11 heteroatoms. The predicted octanol–water partition coefficient (Wildman–Crippen LogP) is 5.27. The summed E-state index contributed by atoms with van der Waals surface area (Å²) in [5.41, 5.74) is 1.40. The maximum absolute atomic E-state index is 15.9. The maximum Gasteiger partial charge on any atom is 0.408 e. The van der Waals surface area contributed by atoms with Crippen LogP contribution in [-0.4, -0.2) is 56.3 Å². The van der Waals surface area contributed by atoms with Gasteiger partial charge in [-0.2, -0.15) is 0 Å². The number of carboxylic acid groups (broad SMARTS) is 2. The van der Waals surface area contributed by atoms with Crippen LogP contribution in [0.1, 0.15) is 61.5 Å². The van der Waals surface area contributed by atoms with Crippen LogP contribution in [-0.2, 0) is 16.1 Å². The number of carbonyl (C=O) groups is 3. The Morgan fingerprint density at radius 3 is 2.50 bits per heavy atom. The van der Waals surface area contributed by atoms with Gasteiger partial charge in [0.2, 0.25) is 0 Å². The highest BCUT2D eigenvalue weighted by molar-refractivity contribution is 5.79. The van der Waals surface area contributed by atoms with Gasteiger partial charge in [0.05, 0.1) is 17.5 Å². The molecule has 2 amide bonds. The van der Waals surface area contributed by atoms with E-state index in [-0.39, 0.29) is 36.7 Å². The number of nitrogens with zero attached hydrogens (tertiary/aromatic N) is 2. The molecule has 1 saturated carbocycles. The number of likely N-dealkylation sites (tertiary alicyclic amines) is 1. The fraction of sp³-hybridized carbons (Fsp3) is 0.448. The number of carbonyl (C=O) groups excluding carboxylic acids is 1. The quantitative estimate of drug-likeness (QED) is 0.312. The highest BCUT2D eigenvalue weighted by atomic mass is 19.1. The molecule has 212 valence electrons. The molecule has 3 atom stereocenters.